The van der Waals surface area contributed by atoms with Crippen LogP contribution in [0.3, 0.4) is 0 Å². The van der Waals surface area contributed by atoms with Crippen molar-refractivity contribution in [3.8, 4) is 17.1 Å². The van der Waals surface area contributed by atoms with Crippen LogP contribution in [0.25, 0.3) is 11.4 Å². The number of aryl methyl sites for hydroxylation is 1. The fraction of sp³-hybridized carbons (Fsp3) is 0.273. The molecule has 6 heteroatoms. The second-order valence-electron chi connectivity index (χ2n) is 3.49. The van der Waals surface area contributed by atoms with Crippen molar-refractivity contribution in [1.29, 1.82) is 0 Å². The Labute approximate surface area is 104 Å². The zero-order valence-electron chi connectivity index (χ0n) is 9.53. The van der Waals surface area contributed by atoms with E-state index < -0.39 is 0 Å². The lowest BCUT2D eigenvalue weighted by atomic mass is 10.1. The molecule has 0 radical (unpaired) electrons. The summed E-state index contributed by atoms with van der Waals surface area (Å²) in [4.78, 5) is 4.14. The first-order chi connectivity index (χ1) is 8.17. The van der Waals surface area contributed by atoms with E-state index in [4.69, 9.17) is 26.6 Å². The van der Waals surface area contributed by atoms with Gasteiger partial charge in [0.05, 0.1) is 24.2 Å². The molecule has 5 nitrogen and oxygen atoms in total. The summed E-state index contributed by atoms with van der Waals surface area (Å²) >= 11 is 6.15. The van der Waals surface area contributed by atoms with E-state index in [0.717, 1.165) is 5.56 Å². The summed E-state index contributed by atoms with van der Waals surface area (Å²) in [7, 11) is 1.55. The summed E-state index contributed by atoms with van der Waals surface area (Å²) in [5, 5.41) is 4.38. The first kappa shape index (κ1) is 11.9. The summed E-state index contributed by atoms with van der Waals surface area (Å²) in [6.07, 6.45) is 0. The smallest absolute Gasteiger partial charge is 0.240 e. The lowest BCUT2D eigenvalue weighted by molar-refractivity contribution is 0.380. The maximum Gasteiger partial charge on any atom is 0.240 e. The average Bonchev–Trinajstić information content (AvgIpc) is 2.81. The first-order valence-electron chi connectivity index (χ1n) is 5.03. The van der Waals surface area contributed by atoms with Crippen molar-refractivity contribution in [3.05, 3.63) is 28.6 Å². The van der Waals surface area contributed by atoms with Crippen molar-refractivity contribution in [3.63, 3.8) is 0 Å². The normalized spacial score (nSPS) is 10.6. The minimum atomic E-state index is 0.203. The molecule has 0 aliphatic rings. The second-order valence-corrected chi connectivity index (χ2v) is 3.87. The second kappa shape index (κ2) is 4.73. The van der Waals surface area contributed by atoms with Gasteiger partial charge in [0.1, 0.15) is 5.75 Å². The highest BCUT2D eigenvalue weighted by atomic mass is 35.5. The molecule has 90 valence electrons. The number of halogens is 1. The Kier molecular flexibility index (Phi) is 3.31. The molecule has 0 amide bonds. The molecule has 0 fully saturated rings. The van der Waals surface area contributed by atoms with Crippen LogP contribution in [0, 0.1) is 6.92 Å². The minimum absolute atomic E-state index is 0.203. The predicted octanol–water partition coefficient (Wildman–Crippen LogP) is 2.17. The van der Waals surface area contributed by atoms with Crippen LogP contribution in [0.1, 0.15) is 11.5 Å². The van der Waals surface area contributed by atoms with E-state index in [-0.39, 0.29) is 6.54 Å². The summed E-state index contributed by atoms with van der Waals surface area (Å²) in [5.41, 5.74) is 7.02. The zero-order valence-corrected chi connectivity index (χ0v) is 10.3. The number of aromatic nitrogens is 2. The van der Waals surface area contributed by atoms with Gasteiger partial charge in [0.25, 0.3) is 0 Å². The average molecular weight is 254 g/mol. The monoisotopic (exact) mass is 253 g/mol. The van der Waals surface area contributed by atoms with Gasteiger partial charge in [-0.15, -0.1) is 0 Å². The number of hydrogen-bond acceptors (Lipinski definition) is 5. The Morgan fingerprint density at radius 2 is 2.24 bits per heavy atom. The highest BCUT2D eigenvalue weighted by molar-refractivity contribution is 6.33. The van der Waals surface area contributed by atoms with Crippen molar-refractivity contribution in [2.45, 2.75) is 13.5 Å². The van der Waals surface area contributed by atoms with Crippen LogP contribution in [-0.2, 0) is 6.54 Å². The summed E-state index contributed by atoms with van der Waals surface area (Å²) in [6.45, 7) is 2.10. The fourth-order valence-electron chi connectivity index (χ4n) is 1.48. The van der Waals surface area contributed by atoms with Crippen LogP contribution in [0.4, 0.5) is 0 Å². The quantitative estimate of drug-likeness (QED) is 0.907. The van der Waals surface area contributed by atoms with Crippen molar-refractivity contribution in [2.24, 2.45) is 5.73 Å². The van der Waals surface area contributed by atoms with Gasteiger partial charge < -0.3 is 15.0 Å². The van der Waals surface area contributed by atoms with Crippen molar-refractivity contribution in [2.75, 3.05) is 7.11 Å². The van der Waals surface area contributed by atoms with E-state index in [1.54, 1.807) is 7.11 Å². The van der Waals surface area contributed by atoms with E-state index in [1.165, 1.54) is 0 Å². The first-order valence-corrected chi connectivity index (χ1v) is 5.41. The molecule has 0 aliphatic carbocycles. The Balaban J connectivity index is 2.55. The van der Waals surface area contributed by atoms with Crippen molar-refractivity contribution in [1.82, 2.24) is 10.1 Å². The van der Waals surface area contributed by atoms with E-state index in [2.05, 4.69) is 10.1 Å². The molecule has 2 aromatic rings. The van der Waals surface area contributed by atoms with Gasteiger partial charge in [0, 0.05) is 0 Å². The minimum Gasteiger partial charge on any atom is -0.494 e. The molecule has 0 aliphatic heterocycles. The standard InChI is InChI=1S/C11H12ClN3O2/c1-6-3-4-7(10(16-2)9(6)12)11-14-8(5-13)17-15-11/h3-4H,5,13H2,1-2H3. The molecule has 0 unspecified atom stereocenters. The van der Waals surface area contributed by atoms with Gasteiger partial charge in [-0.2, -0.15) is 4.98 Å². The molecular weight excluding hydrogens is 242 g/mol. The van der Waals surface area contributed by atoms with E-state index in [9.17, 15) is 0 Å². The molecule has 17 heavy (non-hydrogen) atoms. The third-order valence-corrected chi connectivity index (χ3v) is 2.85. The number of hydrogen-bond donors (Lipinski definition) is 1. The summed E-state index contributed by atoms with van der Waals surface area (Å²) in [6, 6.07) is 3.71. The van der Waals surface area contributed by atoms with Gasteiger partial charge in [0.2, 0.25) is 11.7 Å². The number of ether oxygens (including phenoxy) is 1. The maximum atomic E-state index is 6.15. The number of methoxy groups -OCH3 is 1. The molecule has 1 heterocycles. The predicted molar refractivity (Wildman–Crippen MR) is 63.9 cm³/mol. The Morgan fingerprint density at radius 3 is 2.82 bits per heavy atom. The molecular formula is C11H12ClN3O2. The Morgan fingerprint density at radius 1 is 1.47 bits per heavy atom. The van der Waals surface area contributed by atoms with E-state index in [1.807, 2.05) is 19.1 Å². The SMILES string of the molecule is COc1c(-c2noc(CN)n2)ccc(C)c1Cl. The summed E-state index contributed by atoms with van der Waals surface area (Å²) in [5.74, 6) is 1.33. The van der Waals surface area contributed by atoms with Crippen molar-refractivity contribution < 1.29 is 9.26 Å². The van der Waals surface area contributed by atoms with E-state index >= 15 is 0 Å². The molecule has 0 bridgehead atoms. The number of rotatable bonds is 3. The zero-order chi connectivity index (χ0) is 12.4. The number of nitrogens with zero attached hydrogens (tertiary/aromatic N) is 2. The van der Waals surface area contributed by atoms with Gasteiger partial charge in [-0.05, 0) is 18.6 Å². The Bertz CT molecular complexity index is 540. The molecule has 0 atom stereocenters. The third-order valence-electron chi connectivity index (χ3n) is 2.38. The highest BCUT2D eigenvalue weighted by Gasteiger charge is 2.16. The topological polar surface area (TPSA) is 74.2 Å². The molecule has 1 aromatic carbocycles. The van der Waals surface area contributed by atoms with Gasteiger partial charge >= 0.3 is 0 Å². The van der Waals surface area contributed by atoms with E-state index in [0.29, 0.717) is 28.1 Å². The maximum absolute atomic E-state index is 6.15. The number of nitrogens with two attached hydrogens (primary N) is 1. The van der Waals surface area contributed by atoms with Crippen LogP contribution in [0.15, 0.2) is 16.7 Å². The Hall–Kier alpha value is -1.59. The van der Waals surface area contributed by atoms with Gasteiger partial charge in [0.15, 0.2) is 0 Å². The molecule has 2 N–H and O–H groups in total. The third kappa shape index (κ3) is 2.11. The van der Waals surface area contributed by atoms with Crippen LogP contribution in [-0.4, -0.2) is 17.3 Å². The molecule has 2 rings (SSSR count). The fourth-order valence-corrected chi connectivity index (χ4v) is 1.72. The van der Waals surface area contributed by atoms with Gasteiger partial charge in [-0.1, -0.05) is 22.8 Å². The van der Waals surface area contributed by atoms with Gasteiger partial charge in [-0.3, -0.25) is 0 Å². The highest BCUT2D eigenvalue weighted by Crippen LogP contribution is 2.36. The van der Waals surface area contributed by atoms with Crippen LogP contribution >= 0.6 is 11.6 Å². The van der Waals surface area contributed by atoms with Gasteiger partial charge in [-0.25, -0.2) is 0 Å². The lowest BCUT2D eigenvalue weighted by Crippen LogP contribution is -1.96. The molecule has 0 spiro atoms. The lowest BCUT2D eigenvalue weighted by Gasteiger charge is -2.09. The van der Waals surface area contributed by atoms with Crippen molar-refractivity contribution >= 4 is 11.6 Å². The molecule has 0 saturated heterocycles. The molecule has 1 aromatic heterocycles. The van der Waals surface area contributed by atoms with Crippen LogP contribution in [0.5, 0.6) is 5.75 Å². The number of benzene rings is 1. The largest absolute Gasteiger partial charge is 0.494 e. The van der Waals surface area contributed by atoms with Crippen LogP contribution in [0.2, 0.25) is 5.02 Å². The molecule has 0 saturated carbocycles. The van der Waals surface area contributed by atoms with Crippen LogP contribution < -0.4 is 10.5 Å². The summed E-state index contributed by atoms with van der Waals surface area (Å²) < 4.78 is 10.2.